The van der Waals surface area contributed by atoms with E-state index in [4.69, 9.17) is 88.9 Å². The molecule has 12 heterocycles. The number of nitrogens with two attached hydrogens (primary N) is 5. The van der Waals surface area contributed by atoms with E-state index in [1.54, 1.807) is 0 Å². The van der Waals surface area contributed by atoms with Crippen LogP contribution in [0.15, 0.2) is 73.4 Å². The van der Waals surface area contributed by atoms with E-state index < -0.39 is 230 Å². The monoisotopic (exact) mass is 1610 g/mol. The van der Waals surface area contributed by atoms with Gasteiger partial charge in [0.2, 0.25) is 11.9 Å². The van der Waals surface area contributed by atoms with Crippen molar-refractivity contribution in [3.63, 3.8) is 0 Å². The summed E-state index contributed by atoms with van der Waals surface area (Å²) in [6, 6.07) is 3.48. The number of aliphatic hydroxyl groups is 7. The number of H-pyrrole nitrogens is 2. The lowest BCUT2D eigenvalue weighted by Gasteiger charge is -2.26. The molecule has 7 aromatic rings. The molecule has 0 bridgehead atoms. The van der Waals surface area contributed by atoms with Gasteiger partial charge >= 0.3 is 57.0 Å². The second kappa shape index (κ2) is 31.8. The Hall–Kier alpha value is -7.77. The van der Waals surface area contributed by atoms with E-state index >= 15 is 0 Å². The summed E-state index contributed by atoms with van der Waals surface area (Å²) in [5, 5.41) is 75.9. The van der Waals surface area contributed by atoms with Gasteiger partial charge in [-0.05, 0) is 18.2 Å². The van der Waals surface area contributed by atoms with Crippen LogP contribution >= 0.6 is 40.0 Å². The maximum Gasteiger partial charge on any atom is 0.694 e. The molecule has 0 aromatic carbocycles. The molecule has 12 rings (SSSR count). The first kappa shape index (κ1) is 79.3. The molecule has 5 aliphatic heterocycles. The molecule has 5 aliphatic rings. The molecule has 578 valence electrons. The smallest absolute Gasteiger partial charge is 0.387 e. The lowest BCUT2D eigenvalue weighted by Crippen LogP contribution is -2.39. The lowest BCUT2D eigenvalue weighted by molar-refractivity contribution is -0.0649. The first-order chi connectivity index (χ1) is 49.9. The number of phosphoric ester groups is 3. The molecule has 5 saturated heterocycles. The van der Waals surface area contributed by atoms with Crippen molar-refractivity contribution in [1.29, 1.82) is 0 Å². The number of phosphoric acid groups is 3. The van der Waals surface area contributed by atoms with Crippen molar-refractivity contribution in [1.82, 2.24) is 67.7 Å². The Labute approximate surface area is 586 Å². The normalized spacial score (nSPS) is 31.5. The van der Waals surface area contributed by atoms with Crippen LogP contribution in [0, 0.1) is 0 Å². The van der Waals surface area contributed by atoms with Gasteiger partial charge in [0, 0.05) is 27.7 Å². The number of aromatic nitrogens is 14. The van der Waals surface area contributed by atoms with Crippen molar-refractivity contribution in [2.24, 2.45) is 0 Å². The number of nitrogens with one attached hydrogen (secondary N) is 2. The topological polar surface area (TPSA) is 810 Å². The highest BCUT2D eigenvalue weighted by Crippen LogP contribution is 2.54. The van der Waals surface area contributed by atoms with Gasteiger partial charge in [-0.25, -0.2) is 38.0 Å². The van der Waals surface area contributed by atoms with Gasteiger partial charge in [0.25, 0.3) is 11.1 Å². The van der Waals surface area contributed by atoms with E-state index in [1.807, 2.05) is 0 Å². The van der Waals surface area contributed by atoms with Gasteiger partial charge in [-0.1, -0.05) is 0 Å². The molecule has 106 heavy (non-hydrogen) atoms. The summed E-state index contributed by atoms with van der Waals surface area (Å²) >= 11 is 0. The van der Waals surface area contributed by atoms with E-state index in [1.165, 1.54) is 12.3 Å². The van der Waals surface area contributed by atoms with Crippen LogP contribution < -0.4 is 56.9 Å². The third kappa shape index (κ3) is 17.4. The molecule has 7 aromatic heterocycles. The Morgan fingerprint density at radius 1 is 0.425 bits per heavy atom. The highest BCUT2D eigenvalue weighted by Gasteiger charge is 2.56. The Balaban J connectivity index is 0.000000483. The van der Waals surface area contributed by atoms with E-state index in [0.29, 0.717) is 9.13 Å². The van der Waals surface area contributed by atoms with E-state index in [-0.39, 0.29) is 45.7 Å². The molecule has 24 N–H and O–H groups in total. The van der Waals surface area contributed by atoms with Crippen LogP contribution in [0.25, 0.3) is 22.3 Å². The quantitative estimate of drug-likeness (QED) is 0.0224. The predicted molar refractivity (Wildman–Crippen MR) is 339 cm³/mol. The Morgan fingerprint density at radius 2 is 0.708 bits per heavy atom. The number of ether oxygens (including phenoxy) is 5. The van der Waals surface area contributed by atoms with Crippen LogP contribution in [0.1, 0.15) is 31.1 Å². The zero-order valence-corrected chi connectivity index (χ0v) is 57.4. The van der Waals surface area contributed by atoms with Crippen molar-refractivity contribution in [2.75, 3.05) is 61.7 Å². The molecular weight excluding hydrogens is 1550 g/mol. The molecule has 0 amide bonds. The van der Waals surface area contributed by atoms with Gasteiger partial charge < -0.3 is 103 Å². The fraction of sp³-hybridized carbons (Fsp3) is 0.532. The van der Waals surface area contributed by atoms with Crippen LogP contribution in [0.2, 0.25) is 0 Å². The zero-order valence-electron chi connectivity index (χ0n) is 52.9. The first-order valence-electron chi connectivity index (χ1n) is 30.0. The average molecular weight is 1610 g/mol. The minimum atomic E-state index is -5.79. The van der Waals surface area contributed by atoms with Gasteiger partial charge in [0.1, 0.15) is 122 Å². The molecule has 59 heteroatoms. The number of aromatic amines is 2. The second-order valence-electron chi connectivity index (χ2n) is 23.0. The van der Waals surface area contributed by atoms with Crippen LogP contribution in [-0.4, -0.2) is 252 Å². The van der Waals surface area contributed by atoms with Crippen LogP contribution in [0.4, 0.5) is 29.4 Å². The third-order valence-corrected chi connectivity index (χ3v) is 19.8. The number of fused-ring (bicyclic) bond motifs is 2. The van der Waals surface area contributed by atoms with Crippen LogP contribution in [0.3, 0.4) is 0 Å². The third-order valence-electron chi connectivity index (χ3n) is 16.1. The summed E-state index contributed by atoms with van der Waals surface area (Å²) in [5.41, 5.74) is 22.3. The number of hydrogen-bond acceptors (Lipinski definition) is 42. The maximum atomic E-state index is 14.0. The minimum absolute atomic E-state index is 0.0106. The molecule has 25 atom stereocenters. The Bertz CT molecular complexity index is 4900. The van der Waals surface area contributed by atoms with E-state index in [0.717, 1.165) is 50.9 Å². The zero-order chi connectivity index (χ0) is 76.9. The number of hydrogen-bond donors (Lipinski definition) is 19. The maximum absolute atomic E-state index is 14.0. The summed E-state index contributed by atoms with van der Waals surface area (Å²) < 4.78 is 136. The number of aliphatic hydroxyl groups excluding tert-OH is 7. The summed E-state index contributed by atoms with van der Waals surface area (Å²) in [6.07, 6.45) is -31.0. The molecule has 54 nitrogen and oxygen atoms in total. The van der Waals surface area contributed by atoms with E-state index in [9.17, 15) is 102 Å². The summed E-state index contributed by atoms with van der Waals surface area (Å²) in [4.78, 5) is 144. The van der Waals surface area contributed by atoms with Gasteiger partial charge in [0.15, 0.2) is 53.5 Å². The second-order valence-corrected chi connectivity index (χ2v) is 28.7. The number of rotatable bonds is 26. The van der Waals surface area contributed by atoms with Crippen LogP contribution in [0.5, 0.6) is 0 Å². The van der Waals surface area contributed by atoms with Crippen molar-refractivity contribution in [3.8, 4) is 0 Å². The standard InChI is InChI=1S/C38H48N16O28P4.C9H12N3O7P/c39-15-1-3-51(37(62)45-15)32-21(57)25(81-84(66,67)73-6-11-19(55)20(56)31(76-11)53-9-43-17-27(53)47-35(41)49-29(17)60)13(78-32)8-75-86(70,71)82-26-14(79-33(22(26)58)52-4-2-16(40)46-38(52)63)7-74-85(68,69)80-24-12(5-72-83(64)65)77-34(23(24)59)54-10-44-18-28(54)48-36(42)50-30(18)61;10-5-1-2-12(9(15)11-5)8-7(14)6(13)4(19-8)3-18-20(16)17/h1-4,9-14,19-26,31-34,55-59H,5-8H2,(H13-,39,40,41,42,45,46,47,48,49,50,60,61,62,63,64,65,66,67,68,69,70,71);1-2,4,6-8,13-14H,3H2,(H2-,10,11,15,16,17)/p+2/t11-,12-,13-,14-,19-,20-,21-,22-,23-,24-,25-,26-,31-,32-,33-,34-;4-,6-,7-,8-/m11/s1. The molecule has 5 unspecified atom stereocenters. The fourth-order valence-corrected chi connectivity index (χ4v) is 14.7. The van der Waals surface area contributed by atoms with Crippen molar-refractivity contribution < 1.29 is 143 Å². The summed E-state index contributed by atoms with van der Waals surface area (Å²) in [5.74, 6) is -1.34. The van der Waals surface area contributed by atoms with Gasteiger partial charge in [-0.2, -0.15) is 24.9 Å². The van der Waals surface area contributed by atoms with Crippen molar-refractivity contribution in [3.05, 3.63) is 102 Å². The van der Waals surface area contributed by atoms with Crippen LogP contribution in [-0.2, 0) is 82.7 Å². The summed E-state index contributed by atoms with van der Waals surface area (Å²) in [7, 11) is -23.2. The minimum Gasteiger partial charge on any atom is -0.387 e. The van der Waals surface area contributed by atoms with Gasteiger partial charge in [-0.15, -0.1) is 18.8 Å². The number of nitrogen functional groups attached to an aromatic ring is 5. The van der Waals surface area contributed by atoms with Crippen molar-refractivity contribution >= 4 is 91.7 Å². The van der Waals surface area contributed by atoms with E-state index in [2.05, 4.69) is 49.4 Å². The number of nitrogens with zero attached hydrogens (tertiary/aromatic N) is 12. The molecule has 0 spiro atoms. The van der Waals surface area contributed by atoms with Gasteiger partial charge in [-0.3, -0.25) is 69.5 Å². The largest absolute Gasteiger partial charge is 0.694 e. The van der Waals surface area contributed by atoms with Crippen molar-refractivity contribution in [2.45, 2.75) is 123 Å². The molecular formula is C47H62N19O35P5+2. The Kier molecular flexibility index (Phi) is 23.8. The lowest BCUT2D eigenvalue weighted by atomic mass is 10.1. The molecule has 0 saturated carbocycles. The first-order valence-corrected chi connectivity index (χ1v) is 36.7. The highest BCUT2D eigenvalue weighted by molar-refractivity contribution is 7.48. The highest BCUT2D eigenvalue weighted by atomic mass is 31.2. The molecule has 0 radical (unpaired) electrons. The molecule has 5 fully saturated rings. The number of imidazole rings is 2. The molecule has 0 aliphatic carbocycles. The Morgan fingerprint density at radius 3 is 1.05 bits per heavy atom. The predicted octanol–water partition coefficient (Wildman–Crippen LogP) is -8.23. The fourth-order valence-electron chi connectivity index (χ4n) is 11.3. The number of anilines is 5. The van der Waals surface area contributed by atoms with Gasteiger partial charge in [0.05, 0.1) is 32.5 Å². The SMILES string of the molecule is Nc1ccn([C@@H]2O[C@H](COP(=O)(O)O[C@H]3[C@@H](O)[C@H](n4ccc(N)nc4=O)O[C@@H]3COP(=O)(O)O[C@H]3[C@@H](O)[C@H](n4cnc5c(=O)[nH]c(N)nc54)O[C@@H]3CO[P+](=O)O)[C@@H](OP(=O)(O)OC[C@H]3O[C@@H](n4cnc5c(=O)[nH]c(N)nc54)[C@H](O)[C@@H]3O)[C@H]2O)c(=O)n1.Nc1ccn([C@@H]2O[C@H](CO[P+](=O)O)[C@@H](O)[C@H]2O)c(=O)n1. The summed E-state index contributed by atoms with van der Waals surface area (Å²) in [6.45, 7) is -4.97. The average Bonchev–Trinajstić information content (AvgIpc) is 1.61.